The topological polar surface area (TPSA) is 73.9 Å². The van der Waals surface area contributed by atoms with E-state index in [0.29, 0.717) is 0 Å². The summed E-state index contributed by atoms with van der Waals surface area (Å²) in [7, 11) is 3.45. The molecule has 1 amide bonds. The van der Waals surface area contributed by atoms with Crippen molar-refractivity contribution in [3.8, 4) is 0 Å². The van der Waals surface area contributed by atoms with Gasteiger partial charge < -0.3 is 5.32 Å². The predicted molar refractivity (Wildman–Crippen MR) is 56.4 cm³/mol. The third kappa shape index (κ3) is 3.69. The lowest BCUT2D eigenvalue weighted by Crippen LogP contribution is -2.41. The van der Waals surface area contributed by atoms with Gasteiger partial charge in [-0.15, -0.1) is 5.10 Å². The van der Waals surface area contributed by atoms with Crippen molar-refractivity contribution in [2.24, 2.45) is 0 Å². The van der Waals surface area contributed by atoms with Crippen LogP contribution in [0.1, 0.15) is 18.6 Å². The highest BCUT2D eigenvalue weighted by Crippen LogP contribution is 2.25. The van der Waals surface area contributed by atoms with Crippen LogP contribution in [0.5, 0.6) is 0 Å². The second kappa shape index (κ2) is 5.34. The van der Waals surface area contributed by atoms with Gasteiger partial charge in [-0.05, 0) is 21.0 Å². The molecule has 0 saturated heterocycles. The largest absolute Gasteiger partial charge is 0.453 e. The zero-order valence-electron chi connectivity index (χ0n) is 10.2. The summed E-state index contributed by atoms with van der Waals surface area (Å²) in [5.74, 6) is -1.58. The number of hydrogen-bond donors (Lipinski definition) is 2. The second-order valence-corrected chi connectivity index (χ2v) is 3.96. The Morgan fingerprint density at radius 2 is 2.11 bits per heavy atom. The minimum atomic E-state index is -4.59. The Bertz CT molecular complexity index is 415. The number of carbonyl (C=O) groups excluding carboxylic acids is 1. The number of rotatable bonds is 4. The van der Waals surface area contributed by atoms with Crippen molar-refractivity contribution in [2.45, 2.75) is 25.7 Å². The van der Waals surface area contributed by atoms with Gasteiger partial charge in [-0.3, -0.25) is 14.8 Å². The quantitative estimate of drug-likeness (QED) is 0.826. The van der Waals surface area contributed by atoms with Crippen LogP contribution in [0.2, 0.25) is 0 Å². The molecule has 1 rings (SSSR count). The summed E-state index contributed by atoms with van der Waals surface area (Å²) in [6.45, 7) is 1.55. The van der Waals surface area contributed by atoms with Crippen LogP contribution in [-0.2, 0) is 17.5 Å². The second-order valence-electron chi connectivity index (χ2n) is 3.96. The molecule has 0 bridgehead atoms. The number of hydrogen-bond acceptors (Lipinski definition) is 4. The molecule has 1 atom stereocenters. The number of carbonyl (C=O) groups is 1. The maximum Gasteiger partial charge on any atom is 0.453 e. The van der Waals surface area contributed by atoms with E-state index in [0.717, 1.165) is 0 Å². The fraction of sp³-hybridized carbons (Fsp3) is 0.667. The van der Waals surface area contributed by atoms with Crippen molar-refractivity contribution >= 4 is 5.91 Å². The van der Waals surface area contributed by atoms with Crippen molar-refractivity contribution in [1.29, 1.82) is 0 Å². The van der Waals surface area contributed by atoms with E-state index in [4.69, 9.17) is 0 Å². The molecular weight excluding hydrogens is 251 g/mol. The van der Waals surface area contributed by atoms with E-state index in [1.165, 1.54) is 0 Å². The van der Waals surface area contributed by atoms with Crippen LogP contribution >= 0.6 is 0 Å². The Kier molecular flexibility index (Phi) is 4.28. The van der Waals surface area contributed by atoms with Gasteiger partial charge >= 0.3 is 6.18 Å². The van der Waals surface area contributed by atoms with Gasteiger partial charge in [0.15, 0.2) is 0 Å². The summed E-state index contributed by atoms with van der Waals surface area (Å²) >= 11 is 0. The van der Waals surface area contributed by atoms with E-state index < -0.39 is 12.0 Å². The Morgan fingerprint density at radius 3 is 2.56 bits per heavy atom. The molecule has 6 nitrogen and oxygen atoms in total. The summed E-state index contributed by atoms with van der Waals surface area (Å²) in [6.07, 6.45) is -4.59. The van der Waals surface area contributed by atoms with Gasteiger partial charge in [-0.2, -0.15) is 13.2 Å². The molecule has 18 heavy (non-hydrogen) atoms. The molecule has 0 aliphatic heterocycles. The molecule has 0 fully saturated rings. The van der Waals surface area contributed by atoms with Crippen LogP contribution in [0.4, 0.5) is 13.2 Å². The molecule has 0 spiro atoms. The first-order chi connectivity index (χ1) is 8.21. The first-order valence-corrected chi connectivity index (χ1v) is 5.14. The van der Waals surface area contributed by atoms with Gasteiger partial charge in [0, 0.05) is 0 Å². The monoisotopic (exact) mass is 265 g/mol. The highest BCUT2D eigenvalue weighted by Gasteiger charge is 2.36. The van der Waals surface area contributed by atoms with Crippen molar-refractivity contribution in [2.75, 3.05) is 14.1 Å². The van der Waals surface area contributed by atoms with Crippen LogP contribution in [-0.4, -0.2) is 46.1 Å². The van der Waals surface area contributed by atoms with Crippen LogP contribution in [0, 0.1) is 0 Å². The smallest absolute Gasteiger partial charge is 0.347 e. The summed E-state index contributed by atoms with van der Waals surface area (Å²) in [4.78, 5) is 16.4. The number of halogens is 3. The molecule has 1 unspecified atom stereocenters. The van der Waals surface area contributed by atoms with Crippen LogP contribution in [0.25, 0.3) is 0 Å². The highest BCUT2D eigenvalue weighted by atomic mass is 19.4. The number of alkyl halides is 3. The minimum absolute atomic E-state index is 0.0402. The average Bonchev–Trinajstić information content (AvgIpc) is 2.72. The van der Waals surface area contributed by atoms with Gasteiger partial charge in [0.1, 0.15) is 5.82 Å². The maximum atomic E-state index is 12.2. The molecule has 0 aromatic carbocycles. The third-order valence-electron chi connectivity index (χ3n) is 2.37. The Balaban J connectivity index is 2.55. The lowest BCUT2D eigenvalue weighted by atomic mass is 10.3. The zero-order chi connectivity index (χ0) is 13.9. The molecule has 1 heterocycles. The van der Waals surface area contributed by atoms with Crippen molar-refractivity contribution in [3.63, 3.8) is 0 Å². The molecule has 0 saturated carbocycles. The SMILES string of the molecule is CC(C(=O)NCc1nc(C(F)(F)F)n[nH]1)N(C)C. The van der Waals surface area contributed by atoms with Crippen molar-refractivity contribution < 1.29 is 18.0 Å². The lowest BCUT2D eigenvalue weighted by molar-refractivity contribution is -0.144. The number of nitrogens with zero attached hydrogens (tertiary/aromatic N) is 3. The van der Waals surface area contributed by atoms with E-state index in [9.17, 15) is 18.0 Å². The number of H-pyrrole nitrogens is 1. The third-order valence-corrected chi connectivity index (χ3v) is 2.37. The van der Waals surface area contributed by atoms with Crippen molar-refractivity contribution in [3.05, 3.63) is 11.6 Å². The fourth-order valence-electron chi connectivity index (χ4n) is 1.05. The van der Waals surface area contributed by atoms with Gasteiger partial charge in [-0.25, -0.2) is 4.98 Å². The van der Waals surface area contributed by atoms with Gasteiger partial charge in [0.25, 0.3) is 5.82 Å². The normalized spacial score (nSPS) is 13.7. The van der Waals surface area contributed by atoms with Gasteiger partial charge in [0.05, 0.1) is 12.6 Å². The lowest BCUT2D eigenvalue weighted by Gasteiger charge is -2.18. The number of likely N-dealkylation sites (N-methyl/N-ethyl adjacent to an activating group) is 1. The predicted octanol–water partition coefficient (Wildman–Crippen LogP) is 0.390. The summed E-state index contributed by atoms with van der Waals surface area (Å²) in [6, 6.07) is -0.380. The van der Waals surface area contributed by atoms with E-state index in [1.807, 2.05) is 0 Å². The summed E-state index contributed by atoms with van der Waals surface area (Å²) in [5, 5.41) is 7.61. The molecule has 0 aliphatic carbocycles. The Labute approximate surface area is 102 Å². The van der Waals surface area contributed by atoms with Crippen LogP contribution < -0.4 is 5.32 Å². The van der Waals surface area contributed by atoms with E-state index in [2.05, 4.69) is 20.5 Å². The van der Waals surface area contributed by atoms with Gasteiger partial charge in [-0.1, -0.05) is 0 Å². The van der Waals surface area contributed by atoms with Crippen LogP contribution in [0.15, 0.2) is 0 Å². The first-order valence-electron chi connectivity index (χ1n) is 5.14. The maximum absolute atomic E-state index is 12.2. The molecular formula is C9H14F3N5O. The Hall–Kier alpha value is -1.64. The molecule has 2 N–H and O–H groups in total. The van der Waals surface area contributed by atoms with E-state index in [-0.39, 0.29) is 24.3 Å². The van der Waals surface area contributed by atoms with E-state index >= 15 is 0 Å². The first kappa shape index (κ1) is 14.4. The Morgan fingerprint density at radius 1 is 1.50 bits per heavy atom. The zero-order valence-corrected chi connectivity index (χ0v) is 10.2. The molecule has 9 heteroatoms. The average molecular weight is 265 g/mol. The summed E-state index contributed by atoms with van der Waals surface area (Å²) in [5.41, 5.74) is 0. The molecule has 0 radical (unpaired) electrons. The minimum Gasteiger partial charge on any atom is -0.347 e. The number of aromatic nitrogens is 3. The van der Waals surface area contributed by atoms with E-state index in [1.54, 1.807) is 25.9 Å². The number of aromatic amines is 1. The molecule has 102 valence electrons. The molecule has 1 aromatic rings. The number of nitrogens with one attached hydrogen (secondary N) is 2. The van der Waals surface area contributed by atoms with Crippen molar-refractivity contribution in [1.82, 2.24) is 25.4 Å². The number of amides is 1. The summed E-state index contributed by atoms with van der Waals surface area (Å²) < 4.78 is 36.6. The molecule has 1 aromatic heterocycles. The van der Waals surface area contributed by atoms with Crippen LogP contribution in [0.3, 0.4) is 0 Å². The van der Waals surface area contributed by atoms with Gasteiger partial charge in [0.2, 0.25) is 5.91 Å². The standard InChI is InChI=1S/C9H14F3N5O/c1-5(17(2)3)7(18)13-4-6-14-8(16-15-6)9(10,11)12/h5H,4H2,1-3H3,(H,13,18)(H,14,15,16). The fourth-order valence-corrected chi connectivity index (χ4v) is 1.05. The highest BCUT2D eigenvalue weighted by molar-refractivity contribution is 5.81. The molecule has 0 aliphatic rings.